The number of hydrogen-bond acceptors (Lipinski definition) is 4. The van der Waals surface area contributed by atoms with Gasteiger partial charge in [0.25, 0.3) is 0 Å². The molecule has 0 fully saturated rings. The first-order chi connectivity index (χ1) is 11.0. The zero-order chi connectivity index (χ0) is 16.4. The molecule has 1 atom stereocenters. The van der Waals surface area contributed by atoms with Crippen LogP contribution >= 0.6 is 0 Å². The number of fused-ring (bicyclic) bond motifs is 1. The number of ketones is 1. The van der Waals surface area contributed by atoms with Crippen LogP contribution in [0.15, 0.2) is 36.5 Å². The molecule has 0 radical (unpaired) electrons. The zero-order valence-corrected chi connectivity index (χ0v) is 13.2. The zero-order valence-electron chi connectivity index (χ0n) is 13.2. The van der Waals surface area contributed by atoms with E-state index in [2.05, 4.69) is 15.3 Å². The van der Waals surface area contributed by atoms with Crippen LogP contribution in [0.1, 0.15) is 47.8 Å². The first kappa shape index (κ1) is 15.3. The summed E-state index contributed by atoms with van der Waals surface area (Å²) in [5, 5.41) is 2.69. The molecule has 1 N–H and O–H groups in total. The van der Waals surface area contributed by atoms with Gasteiger partial charge < -0.3 is 0 Å². The number of aromatic nitrogens is 2. The Kier molecular flexibility index (Phi) is 4.19. The second-order valence-corrected chi connectivity index (χ2v) is 6.14. The van der Waals surface area contributed by atoms with E-state index >= 15 is 0 Å². The molecule has 1 aliphatic carbocycles. The molecule has 5 nitrogen and oxygen atoms in total. The van der Waals surface area contributed by atoms with Gasteiger partial charge >= 0.3 is 0 Å². The summed E-state index contributed by atoms with van der Waals surface area (Å²) in [6, 6.07) is 9.98. The topological polar surface area (TPSA) is 72.0 Å². The Morgan fingerprint density at radius 2 is 1.96 bits per heavy atom. The third-order valence-corrected chi connectivity index (χ3v) is 4.07. The van der Waals surface area contributed by atoms with Gasteiger partial charge in [-0.3, -0.25) is 14.9 Å². The Bertz CT molecular complexity index is 741. The minimum absolute atomic E-state index is 0.0573. The van der Waals surface area contributed by atoms with Crippen molar-refractivity contribution >= 4 is 17.6 Å². The molecule has 1 amide bonds. The lowest BCUT2D eigenvalue weighted by Gasteiger charge is -2.23. The van der Waals surface area contributed by atoms with Gasteiger partial charge in [-0.05, 0) is 17.9 Å². The molecule has 2 aromatic rings. The highest BCUT2D eigenvalue weighted by molar-refractivity contribution is 5.99. The average molecular weight is 309 g/mol. The van der Waals surface area contributed by atoms with E-state index in [0.29, 0.717) is 24.1 Å². The third-order valence-electron chi connectivity index (χ3n) is 4.07. The molecule has 5 heteroatoms. The first-order valence-electron chi connectivity index (χ1n) is 7.79. The second-order valence-electron chi connectivity index (χ2n) is 6.14. The van der Waals surface area contributed by atoms with E-state index in [1.165, 1.54) is 6.20 Å². The van der Waals surface area contributed by atoms with E-state index in [-0.39, 0.29) is 29.5 Å². The van der Waals surface area contributed by atoms with Crippen LogP contribution in [0.2, 0.25) is 0 Å². The Labute approximate surface area is 135 Å². The van der Waals surface area contributed by atoms with E-state index in [4.69, 9.17) is 0 Å². The summed E-state index contributed by atoms with van der Waals surface area (Å²) >= 11 is 0. The summed E-state index contributed by atoms with van der Waals surface area (Å²) in [4.78, 5) is 32.6. The van der Waals surface area contributed by atoms with Gasteiger partial charge in [-0.25, -0.2) is 9.97 Å². The highest BCUT2D eigenvalue weighted by Crippen LogP contribution is 2.31. The predicted molar refractivity (Wildman–Crippen MR) is 87.3 cm³/mol. The Morgan fingerprint density at radius 3 is 2.65 bits per heavy atom. The molecule has 1 heterocycles. The van der Waals surface area contributed by atoms with Gasteiger partial charge in [0, 0.05) is 18.5 Å². The van der Waals surface area contributed by atoms with Crippen LogP contribution in [0, 0.1) is 5.92 Å². The number of benzene rings is 1. The smallest absolute Gasteiger partial charge is 0.229 e. The molecule has 1 aliphatic rings. The van der Waals surface area contributed by atoms with E-state index in [1.807, 2.05) is 44.2 Å². The summed E-state index contributed by atoms with van der Waals surface area (Å²) < 4.78 is 0. The molecular weight excluding hydrogens is 290 g/mol. The van der Waals surface area contributed by atoms with Gasteiger partial charge in [-0.15, -0.1) is 0 Å². The number of Topliss-reactive ketones (excluding diaryl/α,β-unsaturated/α-hetero) is 1. The van der Waals surface area contributed by atoms with Crippen LogP contribution in [0.25, 0.3) is 0 Å². The lowest BCUT2D eigenvalue weighted by atomic mass is 9.82. The molecule has 0 saturated carbocycles. The maximum Gasteiger partial charge on any atom is 0.229 e. The quantitative estimate of drug-likeness (QED) is 0.946. The summed E-state index contributed by atoms with van der Waals surface area (Å²) in [7, 11) is 0. The largest absolute Gasteiger partial charge is 0.294 e. The van der Waals surface area contributed by atoms with Crippen molar-refractivity contribution in [3.8, 4) is 0 Å². The summed E-state index contributed by atoms with van der Waals surface area (Å²) in [5.41, 5.74) is 2.42. The molecule has 0 aliphatic heterocycles. The highest BCUT2D eigenvalue weighted by Gasteiger charge is 2.28. The Hall–Kier alpha value is -2.56. The fourth-order valence-corrected chi connectivity index (χ4v) is 2.72. The van der Waals surface area contributed by atoms with Gasteiger partial charge in [0.2, 0.25) is 11.9 Å². The molecule has 3 rings (SSSR count). The van der Waals surface area contributed by atoms with Gasteiger partial charge in [-0.1, -0.05) is 44.2 Å². The molecule has 1 aromatic heterocycles. The van der Waals surface area contributed by atoms with Gasteiger partial charge in [0.1, 0.15) is 0 Å². The van der Waals surface area contributed by atoms with Crippen LogP contribution < -0.4 is 5.32 Å². The van der Waals surface area contributed by atoms with E-state index in [9.17, 15) is 9.59 Å². The molecule has 0 saturated heterocycles. The number of rotatable bonds is 3. The van der Waals surface area contributed by atoms with Crippen molar-refractivity contribution in [2.24, 2.45) is 5.92 Å². The maximum atomic E-state index is 12.3. The van der Waals surface area contributed by atoms with Crippen molar-refractivity contribution in [2.45, 2.75) is 32.6 Å². The van der Waals surface area contributed by atoms with Crippen molar-refractivity contribution in [3.63, 3.8) is 0 Å². The first-order valence-corrected chi connectivity index (χ1v) is 7.79. The third kappa shape index (κ3) is 3.28. The lowest BCUT2D eigenvalue weighted by molar-refractivity contribution is -0.118. The number of nitrogens with zero attached hydrogens (tertiary/aromatic N) is 2. The normalized spacial score (nSPS) is 17.0. The summed E-state index contributed by atoms with van der Waals surface area (Å²) in [5.74, 6) is 0.172. The number of carbonyl (C=O) groups excluding carboxylic acids is 2. The monoisotopic (exact) mass is 309 g/mol. The van der Waals surface area contributed by atoms with Gasteiger partial charge in [0.05, 0.1) is 11.3 Å². The number of anilines is 1. The number of hydrogen-bond donors (Lipinski definition) is 1. The number of amides is 1. The Balaban J connectivity index is 1.87. The fourth-order valence-electron chi connectivity index (χ4n) is 2.72. The molecule has 1 aromatic carbocycles. The predicted octanol–water partition coefficient (Wildman–Crippen LogP) is 2.98. The van der Waals surface area contributed by atoms with Crippen molar-refractivity contribution in [1.82, 2.24) is 9.97 Å². The SMILES string of the molecule is CC(C)C(=O)Nc1ncc2c(n1)CC(c1ccccc1)CC2=O. The highest BCUT2D eigenvalue weighted by atomic mass is 16.2. The van der Waals surface area contributed by atoms with Crippen molar-refractivity contribution < 1.29 is 9.59 Å². The molecular formula is C18H19N3O2. The molecule has 1 unspecified atom stereocenters. The van der Waals surface area contributed by atoms with E-state index < -0.39 is 0 Å². The summed E-state index contributed by atoms with van der Waals surface area (Å²) in [6.45, 7) is 3.62. The second kappa shape index (κ2) is 6.28. The van der Waals surface area contributed by atoms with E-state index in [1.54, 1.807) is 0 Å². The van der Waals surface area contributed by atoms with Crippen molar-refractivity contribution in [2.75, 3.05) is 5.32 Å². The standard InChI is InChI=1S/C18H19N3O2/c1-11(2)17(23)21-18-19-10-14-15(20-18)8-13(9-16(14)22)12-6-4-3-5-7-12/h3-7,10-11,13H,8-9H2,1-2H3,(H,19,20,21,23). The minimum atomic E-state index is -0.145. The van der Waals surface area contributed by atoms with Gasteiger partial charge in [0.15, 0.2) is 5.78 Å². The lowest BCUT2D eigenvalue weighted by Crippen LogP contribution is -2.23. The van der Waals surface area contributed by atoms with Crippen LogP contribution in [0.5, 0.6) is 0 Å². The number of carbonyl (C=O) groups is 2. The summed E-state index contributed by atoms with van der Waals surface area (Å²) in [6.07, 6.45) is 2.68. The molecule has 0 spiro atoms. The number of nitrogens with one attached hydrogen (secondary N) is 1. The molecule has 0 bridgehead atoms. The maximum absolute atomic E-state index is 12.3. The molecule has 23 heavy (non-hydrogen) atoms. The van der Waals surface area contributed by atoms with Crippen molar-refractivity contribution in [1.29, 1.82) is 0 Å². The Morgan fingerprint density at radius 1 is 1.22 bits per heavy atom. The van der Waals surface area contributed by atoms with Gasteiger partial charge in [-0.2, -0.15) is 0 Å². The van der Waals surface area contributed by atoms with Crippen LogP contribution in [-0.2, 0) is 11.2 Å². The minimum Gasteiger partial charge on any atom is -0.294 e. The fraction of sp³-hybridized carbons (Fsp3) is 0.333. The van der Waals surface area contributed by atoms with Crippen LogP contribution in [0.3, 0.4) is 0 Å². The van der Waals surface area contributed by atoms with Crippen LogP contribution in [-0.4, -0.2) is 21.7 Å². The van der Waals surface area contributed by atoms with Crippen LogP contribution in [0.4, 0.5) is 5.95 Å². The molecule has 118 valence electrons. The van der Waals surface area contributed by atoms with E-state index in [0.717, 1.165) is 5.56 Å². The average Bonchev–Trinajstić information content (AvgIpc) is 2.55. The van der Waals surface area contributed by atoms with Crippen molar-refractivity contribution in [3.05, 3.63) is 53.3 Å².